The number of benzene rings is 8. The van der Waals surface area contributed by atoms with Gasteiger partial charge in [0.25, 0.3) is 0 Å². The third-order valence-electron chi connectivity index (χ3n) is 11.9. The van der Waals surface area contributed by atoms with Crippen molar-refractivity contribution in [2.75, 3.05) is 9.80 Å². The van der Waals surface area contributed by atoms with Crippen LogP contribution in [-0.4, -0.2) is 6.72 Å². The number of fused-ring (bicyclic) bond motifs is 7. The Balaban J connectivity index is 1.04. The molecule has 0 spiro atoms. The molecule has 0 amide bonds. The minimum Gasteiger partial charge on any atom is -0.456 e. The van der Waals surface area contributed by atoms with Gasteiger partial charge in [0.15, 0.2) is 0 Å². The molecule has 6 nitrogen and oxygen atoms in total. The normalized spacial score (nSPS) is 11.7. The summed E-state index contributed by atoms with van der Waals surface area (Å²) in [5.74, 6) is 0.879. The van der Waals surface area contributed by atoms with E-state index in [-0.39, 0.29) is 0 Å². The third-order valence-corrected chi connectivity index (χ3v) is 11.9. The molecule has 0 radical (unpaired) electrons. The molecule has 0 bridgehead atoms. The molecular weight excluding hydrogens is 749 g/mol. The summed E-state index contributed by atoms with van der Waals surface area (Å²) >= 11 is 0. The van der Waals surface area contributed by atoms with Crippen LogP contribution in [0.25, 0.3) is 54.6 Å². The maximum absolute atomic E-state index is 9.48. The average molecular weight is 793 g/mol. The summed E-state index contributed by atoms with van der Waals surface area (Å²) in [6, 6.07) is 57.6. The van der Waals surface area contributed by atoms with Crippen LogP contribution < -0.4 is 9.80 Å². The Bertz CT molecular complexity index is 3290. The zero-order valence-electron chi connectivity index (χ0n) is 34.7. The molecule has 0 aliphatic heterocycles. The number of anilines is 6. The van der Waals surface area contributed by atoms with E-state index in [1.165, 1.54) is 11.1 Å². The summed E-state index contributed by atoms with van der Waals surface area (Å²) in [7, 11) is 0. The molecule has 0 saturated heterocycles. The molecule has 10 aromatic rings. The number of aliphatic imine (C=N–C) groups is 1. The van der Waals surface area contributed by atoms with Crippen molar-refractivity contribution in [3.8, 4) is 6.07 Å². The summed E-state index contributed by atoms with van der Waals surface area (Å²) < 4.78 is 13.3. The zero-order chi connectivity index (χ0) is 41.8. The van der Waals surface area contributed by atoms with E-state index < -0.39 is 0 Å². The van der Waals surface area contributed by atoms with E-state index in [1.807, 2.05) is 24.3 Å². The molecule has 8 aromatic carbocycles. The third kappa shape index (κ3) is 6.84. The highest BCUT2D eigenvalue weighted by Crippen LogP contribution is 2.43. The fourth-order valence-corrected chi connectivity index (χ4v) is 8.52. The van der Waals surface area contributed by atoms with Gasteiger partial charge in [0, 0.05) is 61.7 Å². The fourth-order valence-electron chi connectivity index (χ4n) is 8.52. The fraction of sp³-hybridized carbons (Fsp3) is 0.127. The summed E-state index contributed by atoms with van der Waals surface area (Å²) in [4.78, 5) is 8.58. The molecule has 2 heterocycles. The van der Waals surface area contributed by atoms with E-state index in [0.29, 0.717) is 23.9 Å². The lowest BCUT2D eigenvalue weighted by atomic mass is 10.0. The summed E-state index contributed by atoms with van der Waals surface area (Å²) in [6.07, 6.45) is 0. The molecule has 10 rings (SSSR count). The minimum atomic E-state index is 0.429. The van der Waals surface area contributed by atoms with Gasteiger partial charge in [0.05, 0.1) is 18.2 Å². The summed E-state index contributed by atoms with van der Waals surface area (Å²) in [5.41, 5.74) is 13.7. The van der Waals surface area contributed by atoms with Crippen LogP contribution in [0.2, 0.25) is 0 Å². The van der Waals surface area contributed by atoms with Crippen LogP contribution in [0.15, 0.2) is 172 Å². The van der Waals surface area contributed by atoms with Gasteiger partial charge in [-0.25, -0.2) is 0 Å². The van der Waals surface area contributed by atoms with Gasteiger partial charge in [-0.05, 0) is 155 Å². The van der Waals surface area contributed by atoms with Gasteiger partial charge in [-0.3, -0.25) is 4.99 Å². The van der Waals surface area contributed by atoms with Gasteiger partial charge < -0.3 is 18.6 Å². The molecule has 296 valence electrons. The Labute approximate surface area is 355 Å². The first-order chi connectivity index (χ1) is 29.7. The van der Waals surface area contributed by atoms with Gasteiger partial charge in [0.1, 0.15) is 22.3 Å². The lowest BCUT2D eigenvalue weighted by Crippen LogP contribution is -2.10. The van der Waals surface area contributed by atoms with Gasteiger partial charge in [-0.2, -0.15) is 5.26 Å². The quantitative estimate of drug-likeness (QED) is 0.129. The van der Waals surface area contributed by atoms with E-state index in [9.17, 15) is 5.26 Å². The van der Waals surface area contributed by atoms with Crippen molar-refractivity contribution in [1.29, 1.82) is 5.26 Å². The van der Waals surface area contributed by atoms with Crippen LogP contribution >= 0.6 is 0 Å². The van der Waals surface area contributed by atoms with Gasteiger partial charge in [0.2, 0.25) is 0 Å². The Kier molecular flexibility index (Phi) is 9.38. The highest BCUT2D eigenvalue weighted by Gasteiger charge is 2.19. The minimum absolute atomic E-state index is 0.429. The smallest absolute Gasteiger partial charge is 0.137 e. The molecule has 0 unspecified atom stereocenters. The summed E-state index contributed by atoms with van der Waals surface area (Å²) in [5, 5.41) is 15.8. The summed E-state index contributed by atoms with van der Waals surface area (Å²) in [6.45, 7) is 13.1. The predicted molar refractivity (Wildman–Crippen MR) is 254 cm³/mol. The Hall–Kier alpha value is -7.62. The van der Waals surface area contributed by atoms with E-state index >= 15 is 0 Å². The lowest BCUT2D eigenvalue weighted by molar-refractivity contribution is 0.664. The molecule has 0 aliphatic rings. The van der Waals surface area contributed by atoms with Crippen LogP contribution in [0.3, 0.4) is 0 Å². The topological polar surface area (TPSA) is 68.9 Å². The molecule has 0 saturated carbocycles. The molecule has 0 N–H and O–H groups in total. The SMILES string of the molecule is C=NCc1ccc(N(c2ccc(C(C)C)cc2)c2ccc3cc4c(cc3c2)oc2cc3c(cc24)oc2cc(N(c4ccc(C#N)cc4)c4ccc(C(C)C)cc4)ccc23)cc1. The van der Waals surface area contributed by atoms with Crippen molar-refractivity contribution >= 4 is 95.5 Å². The Morgan fingerprint density at radius 1 is 0.475 bits per heavy atom. The van der Waals surface area contributed by atoms with Crippen LogP contribution in [0.1, 0.15) is 61.8 Å². The van der Waals surface area contributed by atoms with E-state index in [2.05, 4.69) is 189 Å². The number of rotatable bonds is 10. The van der Waals surface area contributed by atoms with E-state index in [0.717, 1.165) is 94.3 Å². The average Bonchev–Trinajstić information content (AvgIpc) is 3.82. The number of nitrogens with zero attached hydrogens (tertiary/aromatic N) is 4. The highest BCUT2D eigenvalue weighted by molar-refractivity contribution is 6.17. The van der Waals surface area contributed by atoms with Crippen molar-refractivity contribution in [3.05, 3.63) is 180 Å². The molecule has 6 heteroatoms. The van der Waals surface area contributed by atoms with Crippen molar-refractivity contribution in [3.63, 3.8) is 0 Å². The van der Waals surface area contributed by atoms with E-state index in [4.69, 9.17) is 8.83 Å². The molecule has 0 fully saturated rings. The first kappa shape index (κ1) is 37.6. The largest absolute Gasteiger partial charge is 0.456 e. The second-order valence-electron chi connectivity index (χ2n) is 16.5. The molecular formula is C55H44N4O2. The highest BCUT2D eigenvalue weighted by atomic mass is 16.3. The number of nitriles is 1. The maximum atomic E-state index is 9.48. The van der Waals surface area contributed by atoms with Gasteiger partial charge >= 0.3 is 0 Å². The van der Waals surface area contributed by atoms with Crippen molar-refractivity contribution in [1.82, 2.24) is 0 Å². The number of hydrogen-bond donors (Lipinski definition) is 0. The van der Waals surface area contributed by atoms with Crippen molar-refractivity contribution in [2.24, 2.45) is 4.99 Å². The van der Waals surface area contributed by atoms with Crippen LogP contribution in [-0.2, 0) is 6.54 Å². The van der Waals surface area contributed by atoms with Crippen molar-refractivity contribution in [2.45, 2.75) is 46.1 Å². The Morgan fingerprint density at radius 2 is 0.918 bits per heavy atom. The first-order valence-electron chi connectivity index (χ1n) is 20.8. The molecule has 0 aliphatic carbocycles. The molecule has 0 atom stereocenters. The molecule has 2 aromatic heterocycles. The van der Waals surface area contributed by atoms with Crippen LogP contribution in [0, 0.1) is 11.3 Å². The lowest BCUT2D eigenvalue weighted by Gasteiger charge is -2.26. The Morgan fingerprint density at radius 3 is 1.46 bits per heavy atom. The number of hydrogen-bond acceptors (Lipinski definition) is 6. The van der Waals surface area contributed by atoms with Crippen LogP contribution in [0.4, 0.5) is 34.1 Å². The predicted octanol–water partition coefficient (Wildman–Crippen LogP) is 15.9. The monoisotopic (exact) mass is 792 g/mol. The second kappa shape index (κ2) is 15.2. The molecule has 61 heavy (non-hydrogen) atoms. The maximum Gasteiger partial charge on any atom is 0.137 e. The van der Waals surface area contributed by atoms with Crippen molar-refractivity contribution < 1.29 is 8.83 Å². The zero-order valence-corrected chi connectivity index (χ0v) is 34.7. The first-order valence-corrected chi connectivity index (χ1v) is 20.8. The van der Waals surface area contributed by atoms with Gasteiger partial charge in [-0.1, -0.05) is 70.2 Å². The van der Waals surface area contributed by atoms with Crippen LogP contribution in [0.5, 0.6) is 0 Å². The number of furan rings is 2. The standard InChI is InChI=1S/C55H44N4O2/c1-34(2)38-10-19-44(20-11-38)58(43-17-8-37(9-18-43)33-57-5)46-23-14-40-27-49-51-31-54-50(30-55(51)60-52(49)28-41(40)26-46)48-25-24-47(29-53(48)61-54)59(42-15-6-36(32-56)7-16-42)45-21-12-39(13-22-45)35(3)4/h6-31,34-35H,5,33H2,1-4H3. The van der Waals surface area contributed by atoms with E-state index in [1.54, 1.807) is 0 Å². The second-order valence-corrected chi connectivity index (χ2v) is 16.5. The van der Waals surface area contributed by atoms with Gasteiger partial charge in [-0.15, -0.1) is 0 Å².